The molecule has 16 rings (SSSR count). The Hall–Kier alpha value is -21.5. The molecule has 0 aliphatic carbocycles. The van der Waals surface area contributed by atoms with Crippen molar-refractivity contribution < 1.29 is 283 Å². The van der Waals surface area contributed by atoms with Gasteiger partial charge in [-0.05, 0) is 54.6 Å². The van der Waals surface area contributed by atoms with Gasteiger partial charge in [0.05, 0.1) is 61.6 Å². The molecule has 0 aromatic heterocycles. The van der Waals surface area contributed by atoms with Crippen molar-refractivity contribution >= 4 is 71.6 Å². The molecule has 0 amide bonds. The predicted molar refractivity (Wildman–Crippen MR) is 451 cm³/mol. The van der Waals surface area contributed by atoms with Crippen LogP contribution in [0.15, 0.2) is 66.7 Å². The Morgan fingerprint density at radius 1 is 0.247 bits per heavy atom. The van der Waals surface area contributed by atoms with Crippen molar-refractivity contribution in [3.05, 3.63) is 139 Å². The standard InChI is InChI=1S/C89H58O57/c90-24-1-14(2-25(91)49(24)100)80(126)139-35-12-136-81(127)15-3-26(92)50(101)59(110)37(15)38-16(4-27(93)51(102)60(38)111)84(130)141-72(35)75-74-47(46-48(89(135)143-74)45(67(118)69(120)68(46)119)43-20(87(133)144-75)8-31(97)55(106)64(43)115)44-21(9-32(98)56(107)65(44)116)83(129)140-36-13-137-82(128)22-11-34(138-71-23(78(122)123)10-33(99)57(108)70(71)121)58(109)66(117)42(22)41-17(5-28(94)54(105)63(41)114)85(131)142-73(36)76-77(79(124)125)146-88(134)19-7-30(96)53(104)62(113)40(19)39-18(86(132)145-76)6-29(95)52(103)61(39)112/h1-11,35-36,47,72-77,90-121H,12-13H2,(H,122,123)(H,124,125)/t35-,36-,47-,72+,73+,74-,75-,76-,77+/m0/s1. The first-order valence-corrected chi connectivity index (χ1v) is 40.1. The number of carbonyl (C=O) groups is 12. The van der Waals surface area contributed by atoms with Gasteiger partial charge in [-0.3, -0.25) is 0 Å². The maximum atomic E-state index is 16.8. The molecule has 0 radical (unpaired) electrons. The van der Waals surface area contributed by atoms with Crippen LogP contribution in [-0.4, -0.2) is 307 Å². The number of esters is 10. The summed E-state index contributed by atoms with van der Waals surface area (Å²) in [5, 5.41) is 388. The fraction of sp³-hybridized carbons (Fsp3) is 0.124. The zero-order valence-electron chi connectivity index (χ0n) is 71.1. The first-order valence-electron chi connectivity index (χ1n) is 40.1. The summed E-state index contributed by atoms with van der Waals surface area (Å²) in [4.78, 5) is 184. The van der Waals surface area contributed by atoms with E-state index < -0.39 is 452 Å². The highest BCUT2D eigenvalue weighted by Crippen LogP contribution is 2.64. The Balaban J connectivity index is 0.981. The number of hydrogen-bond acceptors (Lipinski definition) is 55. The summed E-state index contributed by atoms with van der Waals surface area (Å²) in [7, 11) is 0. The van der Waals surface area contributed by atoms with E-state index in [1.807, 2.05) is 0 Å². The Labute approximate surface area is 799 Å². The van der Waals surface area contributed by atoms with Crippen LogP contribution in [0.2, 0.25) is 0 Å². The molecular weight excluding hydrogens is 1980 g/mol. The fourth-order valence-corrected chi connectivity index (χ4v) is 16.6. The number of aromatic hydroxyl groups is 32. The van der Waals surface area contributed by atoms with Crippen LogP contribution in [0.3, 0.4) is 0 Å². The second-order valence-electron chi connectivity index (χ2n) is 31.7. The van der Waals surface area contributed by atoms with Crippen molar-refractivity contribution in [1.82, 2.24) is 0 Å². The van der Waals surface area contributed by atoms with Crippen LogP contribution in [0, 0.1) is 0 Å². The molecule has 756 valence electrons. The van der Waals surface area contributed by atoms with Gasteiger partial charge in [0, 0.05) is 67.8 Å². The number of aliphatic carboxylic acids is 1. The van der Waals surface area contributed by atoms with Gasteiger partial charge in [-0.1, -0.05) is 0 Å². The molecule has 0 fully saturated rings. The lowest BCUT2D eigenvalue weighted by Gasteiger charge is -2.43. The lowest BCUT2D eigenvalue weighted by atomic mass is 9.73. The summed E-state index contributed by atoms with van der Waals surface area (Å²) in [6, 6.07) is 0.961. The van der Waals surface area contributed by atoms with Crippen LogP contribution in [0.5, 0.6) is 195 Å². The minimum Gasteiger partial charge on any atom is -0.504 e. The molecule has 9 atom stereocenters. The van der Waals surface area contributed by atoms with Gasteiger partial charge in [0.25, 0.3) is 0 Å². The van der Waals surface area contributed by atoms with E-state index in [9.17, 15) is 193 Å². The van der Waals surface area contributed by atoms with Crippen molar-refractivity contribution in [3.63, 3.8) is 0 Å². The smallest absolute Gasteiger partial charge is 0.349 e. The number of cyclic esters (lactones) is 7. The number of fused-ring (bicyclic) bond motifs is 13. The van der Waals surface area contributed by atoms with Gasteiger partial charge >= 0.3 is 71.6 Å². The number of aromatic carboxylic acids is 1. The number of benzene rings is 11. The van der Waals surface area contributed by atoms with Crippen LogP contribution in [0.1, 0.15) is 131 Å². The predicted octanol–water partition coefficient (Wildman–Crippen LogP) is 4.03. The highest BCUT2D eigenvalue weighted by molar-refractivity contribution is 6.15. The van der Waals surface area contributed by atoms with E-state index in [0.29, 0.717) is 0 Å². The molecule has 0 spiro atoms. The highest BCUT2D eigenvalue weighted by Gasteiger charge is 2.59. The van der Waals surface area contributed by atoms with Crippen LogP contribution < -0.4 is 4.74 Å². The van der Waals surface area contributed by atoms with Gasteiger partial charge in [-0.15, -0.1) is 0 Å². The van der Waals surface area contributed by atoms with Crippen LogP contribution in [0.25, 0.3) is 44.5 Å². The van der Waals surface area contributed by atoms with Gasteiger partial charge in [0.15, 0.2) is 175 Å². The third-order valence-corrected chi connectivity index (χ3v) is 23.4. The van der Waals surface area contributed by atoms with E-state index in [2.05, 4.69) is 0 Å². The number of rotatable bonds is 11. The third kappa shape index (κ3) is 15.2. The molecule has 0 saturated carbocycles. The molecular formula is C89H58O57. The van der Waals surface area contributed by atoms with Crippen LogP contribution >= 0.6 is 0 Å². The molecule has 57 heteroatoms. The molecule has 11 aromatic rings. The Bertz CT molecular complexity index is 7770. The molecule has 11 aromatic carbocycles. The molecule has 34 N–H and O–H groups in total. The molecule has 5 aliphatic rings. The van der Waals surface area contributed by atoms with E-state index >= 15 is 38.4 Å². The van der Waals surface area contributed by atoms with Gasteiger partial charge in [-0.2, -0.15) is 0 Å². The van der Waals surface area contributed by atoms with Crippen molar-refractivity contribution in [1.29, 1.82) is 0 Å². The summed E-state index contributed by atoms with van der Waals surface area (Å²) in [6.45, 7) is -4.39. The second kappa shape index (κ2) is 34.9. The largest absolute Gasteiger partial charge is 0.504 e. The molecule has 2 bridgehead atoms. The SMILES string of the molecule is O=C(O[C@H]1COC(=O)c2cc(O)c(O)c(O)c2-c2c(cc(O)c(O)c2O)C(=O)O[C@H]1[C@@H]1OC(=O)c2cc(O)c(O)c(O)c2-c2c(O)c(O)c(O)c3c2C(=O)O[C@H]1[C@H]3c1c(C(=O)O[C@H]2COC(=O)c3cc(Oc4c(C(=O)O)cc(O)c(O)c4O)c(O)c(O)c3-c3c(cc(O)c(O)c3O)C(=O)O[C@H]2[C@@H]2OC(=O)c3cc(O)c(O)c(O)c3-c3c(cc(O)c(O)c3O)C(=O)O[C@H]2C(=O)O)cc(O)c(O)c1O)c1cc(O)c(O)c(O)c1. The van der Waals surface area contributed by atoms with Gasteiger partial charge in [0.2, 0.25) is 69.3 Å². The molecule has 5 aliphatic heterocycles. The number of ether oxygens (including phenoxy) is 11. The first kappa shape index (κ1) is 97.5. The fourth-order valence-electron chi connectivity index (χ4n) is 16.6. The van der Waals surface area contributed by atoms with Crippen LogP contribution in [0.4, 0.5) is 0 Å². The average molecular weight is 2040 g/mol. The topological polar surface area (TPSA) is 994 Å². The minimum atomic E-state index is -3.78. The Morgan fingerprint density at radius 2 is 0.541 bits per heavy atom. The number of phenolic OH excluding ortho intramolecular Hbond substituents is 32. The van der Waals surface area contributed by atoms with E-state index in [1.54, 1.807) is 0 Å². The first-order chi connectivity index (χ1) is 68.5. The number of phenols is 32. The highest BCUT2D eigenvalue weighted by atomic mass is 16.7. The zero-order chi connectivity index (χ0) is 107. The molecule has 0 unspecified atom stereocenters. The quantitative estimate of drug-likeness (QED) is 0.0494. The summed E-state index contributed by atoms with van der Waals surface area (Å²) < 4.78 is 62.9. The number of carboxylic acid groups (broad SMARTS) is 2. The molecule has 146 heavy (non-hydrogen) atoms. The van der Waals surface area contributed by atoms with Crippen molar-refractivity contribution in [2.45, 2.75) is 54.7 Å². The Kier molecular flexibility index (Phi) is 23.3. The normalized spacial score (nSPS) is 18.5. The van der Waals surface area contributed by atoms with E-state index in [4.69, 9.17) is 52.1 Å². The van der Waals surface area contributed by atoms with Gasteiger partial charge in [0.1, 0.15) is 18.8 Å². The van der Waals surface area contributed by atoms with E-state index in [0.717, 1.165) is 0 Å². The lowest BCUT2D eigenvalue weighted by molar-refractivity contribution is -0.167. The number of hydrogen-bond donors (Lipinski definition) is 34. The van der Waals surface area contributed by atoms with Crippen molar-refractivity contribution in [2.75, 3.05) is 13.2 Å². The van der Waals surface area contributed by atoms with Crippen molar-refractivity contribution in [3.8, 4) is 240 Å². The van der Waals surface area contributed by atoms with Crippen LogP contribution in [-0.2, 0) is 52.2 Å². The summed E-state index contributed by atoms with van der Waals surface area (Å²) in [5.74, 6) is -93.0. The van der Waals surface area contributed by atoms with Gasteiger partial charge < -0.3 is 226 Å². The maximum Gasteiger partial charge on any atom is 0.349 e. The van der Waals surface area contributed by atoms with Gasteiger partial charge in [-0.25, -0.2) is 57.5 Å². The summed E-state index contributed by atoms with van der Waals surface area (Å²) in [5.41, 5.74) is -34.3. The number of carboxylic acids is 2. The minimum absolute atomic E-state index is 0.0331. The molecule has 5 heterocycles. The molecule has 57 nitrogen and oxygen atoms in total. The maximum absolute atomic E-state index is 16.8. The second-order valence-corrected chi connectivity index (χ2v) is 31.7. The third-order valence-electron chi connectivity index (χ3n) is 23.4. The van der Waals surface area contributed by atoms with E-state index in [-0.39, 0.29) is 66.7 Å². The molecule has 0 saturated heterocycles. The zero-order valence-corrected chi connectivity index (χ0v) is 71.1. The lowest BCUT2D eigenvalue weighted by Crippen LogP contribution is -2.56. The van der Waals surface area contributed by atoms with E-state index in [1.165, 1.54) is 0 Å². The Morgan fingerprint density at radius 3 is 0.938 bits per heavy atom. The summed E-state index contributed by atoms with van der Waals surface area (Å²) in [6.07, 6.45) is -29.0. The average Bonchev–Trinajstić information content (AvgIpc) is 0.719. The summed E-state index contributed by atoms with van der Waals surface area (Å²) >= 11 is 0. The monoisotopic (exact) mass is 2040 g/mol. The number of carbonyl (C=O) groups excluding carboxylic acids is 10. The van der Waals surface area contributed by atoms with Crippen molar-refractivity contribution in [2.24, 2.45) is 0 Å².